The van der Waals surface area contributed by atoms with Gasteiger partial charge in [-0.3, -0.25) is 4.79 Å². The lowest BCUT2D eigenvalue weighted by atomic mass is 10.0. The number of nitrogens with zero attached hydrogens (tertiary/aromatic N) is 1. The number of anilines is 1. The summed E-state index contributed by atoms with van der Waals surface area (Å²) in [6.07, 6.45) is 0. The van der Waals surface area contributed by atoms with Crippen molar-refractivity contribution in [3.63, 3.8) is 0 Å². The highest BCUT2D eigenvalue weighted by atomic mass is 16.6. The van der Waals surface area contributed by atoms with E-state index in [-0.39, 0.29) is 22.6 Å². The molecular formula is C28H32N2O5. The minimum Gasteiger partial charge on any atom is -0.507 e. The van der Waals surface area contributed by atoms with Gasteiger partial charge in [0.25, 0.3) is 5.91 Å². The zero-order chi connectivity index (χ0) is 25.6. The molecule has 35 heavy (non-hydrogen) atoms. The zero-order valence-corrected chi connectivity index (χ0v) is 20.8. The Morgan fingerprint density at radius 2 is 1.63 bits per heavy atom. The molecule has 0 aliphatic rings. The van der Waals surface area contributed by atoms with Crippen LogP contribution < -0.4 is 10.1 Å². The van der Waals surface area contributed by atoms with E-state index in [0.717, 1.165) is 11.1 Å². The highest BCUT2D eigenvalue weighted by molar-refractivity contribution is 6.10. The summed E-state index contributed by atoms with van der Waals surface area (Å²) in [6.45, 7) is 6.47. The fourth-order valence-electron chi connectivity index (χ4n) is 3.29. The number of phenolic OH excluding ortho intramolecular Hbond substituents is 1. The molecule has 184 valence electrons. The van der Waals surface area contributed by atoms with Gasteiger partial charge in [0.2, 0.25) is 0 Å². The zero-order valence-electron chi connectivity index (χ0n) is 20.8. The molecule has 7 nitrogen and oxygen atoms in total. The van der Waals surface area contributed by atoms with E-state index in [1.54, 1.807) is 45.0 Å². The summed E-state index contributed by atoms with van der Waals surface area (Å²) in [7, 11) is 3.87. The van der Waals surface area contributed by atoms with Gasteiger partial charge in [-0.2, -0.15) is 0 Å². The van der Waals surface area contributed by atoms with Crippen LogP contribution in [0, 0.1) is 0 Å². The van der Waals surface area contributed by atoms with Gasteiger partial charge in [-0.25, -0.2) is 4.79 Å². The number of hydrogen-bond acceptors (Lipinski definition) is 6. The van der Waals surface area contributed by atoms with Crippen LogP contribution in [0.2, 0.25) is 0 Å². The van der Waals surface area contributed by atoms with Crippen LogP contribution in [0.1, 0.15) is 41.5 Å². The average molecular weight is 477 g/mol. The number of aromatic hydroxyl groups is 1. The number of benzene rings is 3. The summed E-state index contributed by atoms with van der Waals surface area (Å²) in [4.78, 5) is 28.1. The Kier molecular flexibility index (Phi) is 8.14. The van der Waals surface area contributed by atoms with Crippen molar-refractivity contribution < 1.29 is 24.2 Å². The van der Waals surface area contributed by atoms with E-state index in [1.807, 2.05) is 49.3 Å². The van der Waals surface area contributed by atoms with Crippen LogP contribution in [0.15, 0.2) is 66.7 Å². The SMILES string of the molecule is CN(C)CCOc1ccc(O)c(C(=O)Nc2cc(-c3ccccc3)ccc2C(=O)OC(C)(C)C)c1. The Balaban J connectivity index is 1.93. The van der Waals surface area contributed by atoms with Crippen LogP contribution in [0.5, 0.6) is 11.5 Å². The van der Waals surface area contributed by atoms with Crippen molar-refractivity contribution in [1.82, 2.24) is 4.90 Å². The fraction of sp³-hybridized carbons (Fsp3) is 0.286. The Labute approximate surface area is 206 Å². The number of amides is 1. The average Bonchev–Trinajstić information content (AvgIpc) is 2.79. The predicted octanol–water partition coefficient (Wildman–Crippen LogP) is 5.21. The summed E-state index contributed by atoms with van der Waals surface area (Å²) in [5.41, 5.74) is 1.57. The van der Waals surface area contributed by atoms with E-state index in [2.05, 4.69) is 5.32 Å². The molecule has 0 aliphatic heterocycles. The van der Waals surface area contributed by atoms with Gasteiger partial charge >= 0.3 is 5.97 Å². The number of nitrogens with one attached hydrogen (secondary N) is 1. The second-order valence-electron chi connectivity index (χ2n) is 9.41. The molecule has 0 atom stereocenters. The summed E-state index contributed by atoms with van der Waals surface area (Å²) < 4.78 is 11.2. The quantitative estimate of drug-likeness (QED) is 0.434. The third-order valence-electron chi connectivity index (χ3n) is 5.01. The van der Waals surface area contributed by atoms with E-state index < -0.39 is 17.5 Å². The molecule has 2 N–H and O–H groups in total. The van der Waals surface area contributed by atoms with Gasteiger partial charge < -0.3 is 24.8 Å². The molecule has 3 aromatic rings. The van der Waals surface area contributed by atoms with Gasteiger partial charge in [0.15, 0.2) is 0 Å². The highest BCUT2D eigenvalue weighted by Crippen LogP contribution is 2.29. The first-order valence-electron chi connectivity index (χ1n) is 11.4. The van der Waals surface area contributed by atoms with Gasteiger partial charge in [0, 0.05) is 6.54 Å². The molecule has 0 spiro atoms. The van der Waals surface area contributed by atoms with E-state index in [9.17, 15) is 14.7 Å². The molecule has 0 aromatic heterocycles. The number of hydrogen-bond donors (Lipinski definition) is 2. The summed E-state index contributed by atoms with van der Waals surface area (Å²) >= 11 is 0. The fourth-order valence-corrected chi connectivity index (χ4v) is 3.29. The van der Waals surface area contributed by atoms with Crippen LogP contribution in [0.3, 0.4) is 0 Å². The molecule has 0 radical (unpaired) electrons. The van der Waals surface area contributed by atoms with Crippen molar-refractivity contribution in [3.05, 3.63) is 77.9 Å². The van der Waals surface area contributed by atoms with E-state index in [4.69, 9.17) is 9.47 Å². The maximum absolute atomic E-state index is 13.2. The third kappa shape index (κ3) is 7.32. The van der Waals surface area contributed by atoms with Gasteiger partial charge in [-0.15, -0.1) is 0 Å². The van der Waals surface area contributed by atoms with Gasteiger partial charge in [-0.05, 0) is 76.3 Å². The Morgan fingerprint density at radius 1 is 0.914 bits per heavy atom. The maximum atomic E-state index is 13.2. The van der Waals surface area contributed by atoms with E-state index in [1.165, 1.54) is 12.1 Å². The van der Waals surface area contributed by atoms with Crippen LogP contribution in [-0.4, -0.2) is 54.7 Å². The van der Waals surface area contributed by atoms with E-state index >= 15 is 0 Å². The standard InChI is InChI=1S/C28H32N2O5/c1-28(2,3)35-27(33)22-13-11-20(19-9-7-6-8-10-19)17-24(22)29-26(32)23-18-21(12-14-25(23)31)34-16-15-30(4)5/h6-14,17-18,31H,15-16H2,1-5H3,(H,29,32). The number of carbonyl (C=O) groups excluding carboxylic acids is 2. The molecule has 3 aromatic carbocycles. The van der Waals surface area contributed by atoms with Crippen molar-refractivity contribution in [2.75, 3.05) is 32.6 Å². The lowest BCUT2D eigenvalue weighted by molar-refractivity contribution is 0.00707. The molecule has 0 heterocycles. The van der Waals surface area contributed by atoms with Gasteiger partial charge in [0.1, 0.15) is 23.7 Å². The predicted molar refractivity (Wildman–Crippen MR) is 137 cm³/mol. The largest absolute Gasteiger partial charge is 0.507 e. The third-order valence-corrected chi connectivity index (χ3v) is 5.01. The second-order valence-corrected chi connectivity index (χ2v) is 9.41. The highest BCUT2D eigenvalue weighted by Gasteiger charge is 2.23. The molecule has 0 fully saturated rings. The molecule has 0 bridgehead atoms. The van der Waals surface area contributed by atoms with Crippen molar-refractivity contribution in [1.29, 1.82) is 0 Å². The molecule has 7 heteroatoms. The normalized spacial score (nSPS) is 11.3. The van der Waals surface area contributed by atoms with Gasteiger partial charge in [0.05, 0.1) is 16.8 Å². The maximum Gasteiger partial charge on any atom is 0.340 e. The lowest BCUT2D eigenvalue weighted by Crippen LogP contribution is -2.25. The lowest BCUT2D eigenvalue weighted by Gasteiger charge is -2.21. The number of rotatable bonds is 8. The van der Waals surface area contributed by atoms with Crippen LogP contribution >= 0.6 is 0 Å². The number of esters is 1. The summed E-state index contributed by atoms with van der Waals surface area (Å²) in [5.74, 6) is -0.867. The molecular weight excluding hydrogens is 444 g/mol. The van der Waals surface area contributed by atoms with Crippen molar-refractivity contribution in [2.45, 2.75) is 26.4 Å². The van der Waals surface area contributed by atoms with Crippen LogP contribution in [0.4, 0.5) is 5.69 Å². The van der Waals surface area contributed by atoms with Crippen molar-refractivity contribution >= 4 is 17.6 Å². The Bertz CT molecular complexity index is 1180. The number of phenols is 1. The number of ether oxygens (including phenoxy) is 2. The second kappa shape index (κ2) is 11.1. The summed E-state index contributed by atoms with van der Waals surface area (Å²) in [5, 5.41) is 13.1. The van der Waals surface area contributed by atoms with Crippen molar-refractivity contribution in [3.8, 4) is 22.6 Å². The van der Waals surface area contributed by atoms with Crippen LogP contribution in [-0.2, 0) is 4.74 Å². The number of likely N-dealkylation sites (N-methyl/N-ethyl adjacent to an activating group) is 1. The molecule has 0 aliphatic carbocycles. The molecule has 3 rings (SSSR count). The minimum atomic E-state index is -0.701. The molecule has 0 saturated carbocycles. The smallest absolute Gasteiger partial charge is 0.340 e. The van der Waals surface area contributed by atoms with Crippen LogP contribution in [0.25, 0.3) is 11.1 Å². The topological polar surface area (TPSA) is 88.1 Å². The number of carbonyl (C=O) groups is 2. The van der Waals surface area contributed by atoms with Gasteiger partial charge in [-0.1, -0.05) is 36.4 Å². The first-order valence-corrected chi connectivity index (χ1v) is 11.4. The Hall–Kier alpha value is -3.84. The summed E-state index contributed by atoms with van der Waals surface area (Å²) in [6, 6.07) is 19.3. The monoisotopic (exact) mass is 476 g/mol. The molecule has 0 saturated heterocycles. The molecule has 0 unspecified atom stereocenters. The Morgan fingerprint density at radius 3 is 2.29 bits per heavy atom. The van der Waals surface area contributed by atoms with E-state index in [0.29, 0.717) is 18.9 Å². The van der Waals surface area contributed by atoms with Crippen molar-refractivity contribution in [2.24, 2.45) is 0 Å². The minimum absolute atomic E-state index is 0.0348. The molecule has 1 amide bonds. The first kappa shape index (κ1) is 25.8. The first-order chi connectivity index (χ1) is 16.5.